The quantitative estimate of drug-likeness (QED) is 0.142. The minimum atomic E-state index is 0.0895. The first-order valence-corrected chi connectivity index (χ1v) is 20.9. The summed E-state index contributed by atoms with van der Waals surface area (Å²) in [4.78, 5) is 13.9. The van der Waals surface area contributed by atoms with Crippen molar-refractivity contribution in [3.8, 4) is 0 Å². The molecule has 3 heteroatoms. The van der Waals surface area contributed by atoms with Gasteiger partial charge in [0.05, 0.1) is 12.2 Å². The SMILES string of the molecule is CCCCCCCCOC1CCC(C2CC[C@]3(CC2)C[C@@]2(CC[C@H](C4CCC(OCCCCCCCC)CC4)CC2)C3=O)CC1. The summed E-state index contributed by atoms with van der Waals surface area (Å²) >= 11 is 0. The lowest BCUT2D eigenvalue weighted by Crippen LogP contribution is -2.60. The molecular formula is C42H74O3. The van der Waals surface area contributed by atoms with Crippen LogP contribution in [0.4, 0.5) is 0 Å². The van der Waals surface area contributed by atoms with Gasteiger partial charge in [-0.1, -0.05) is 78.1 Å². The molecule has 0 heterocycles. The largest absolute Gasteiger partial charge is 0.378 e. The van der Waals surface area contributed by atoms with Crippen LogP contribution in [-0.4, -0.2) is 31.2 Å². The van der Waals surface area contributed by atoms with Crippen molar-refractivity contribution in [1.29, 1.82) is 0 Å². The minimum Gasteiger partial charge on any atom is -0.378 e. The van der Waals surface area contributed by atoms with Gasteiger partial charge < -0.3 is 9.47 Å². The molecule has 5 aliphatic rings. The fourth-order valence-corrected chi connectivity index (χ4v) is 11.1. The topological polar surface area (TPSA) is 35.5 Å². The van der Waals surface area contributed by atoms with Gasteiger partial charge in [0.2, 0.25) is 0 Å². The number of rotatable bonds is 18. The second-order valence-corrected chi connectivity index (χ2v) is 17.1. The van der Waals surface area contributed by atoms with Crippen molar-refractivity contribution in [3.63, 3.8) is 0 Å². The number of ketones is 1. The highest BCUT2D eigenvalue weighted by atomic mass is 16.5. The Morgan fingerprint density at radius 3 is 1.16 bits per heavy atom. The average molecular weight is 627 g/mol. The van der Waals surface area contributed by atoms with Gasteiger partial charge in [0.15, 0.2) is 0 Å². The summed E-state index contributed by atoms with van der Waals surface area (Å²) in [5, 5.41) is 0. The molecule has 0 saturated heterocycles. The summed E-state index contributed by atoms with van der Waals surface area (Å²) in [5.41, 5.74) is 0.179. The third-order valence-corrected chi connectivity index (χ3v) is 14.1. The molecule has 0 amide bonds. The van der Waals surface area contributed by atoms with Crippen LogP contribution in [-0.2, 0) is 14.3 Å². The van der Waals surface area contributed by atoms with Gasteiger partial charge in [-0.25, -0.2) is 0 Å². The normalized spacial score (nSPS) is 37.2. The van der Waals surface area contributed by atoms with Crippen molar-refractivity contribution in [2.24, 2.45) is 34.5 Å². The first-order valence-electron chi connectivity index (χ1n) is 20.9. The first-order chi connectivity index (χ1) is 22.1. The van der Waals surface area contributed by atoms with Crippen LogP contribution in [0.3, 0.4) is 0 Å². The van der Waals surface area contributed by atoms with Gasteiger partial charge in [-0.05, 0) is 146 Å². The average Bonchev–Trinajstić information content (AvgIpc) is 3.08. The standard InChI is InChI=1S/C42H74O3/c1-3-5-7-9-11-13-31-44-38-19-15-34(16-20-38)36-23-27-41(28-24-36)33-42(40(41)43)29-25-37(26-30-42)35-17-21-39(22-18-35)45-32-14-12-10-8-6-4-2/h34-39H,3-33H2,1-2H3/t34?,35?,36-,37?,38?,39?,41-,42-. The molecule has 0 radical (unpaired) electrons. The molecule has 0 aromatic carbocycles. The molecule has 2 spiro atoms. The van der Waals surface area contributed by atoms with Crippen LogP contribution >= 0.6 is 0 Å². The smallest absolute Gasteiger partial charge is 0.145 e. The molecule has 0 aromatic rings. The van der Waals surface area contributed by atoms with E-state index < -0.39 is 0 Å². The Morgan fingerprint density at radius 2 is 0.800 bits per heavy atom. The van der Waals surface area contributed by atoms with E-state index in [2.05, 4.69) is 13.8 Å². The molecule has 3 nitrogen and oxygen atoms in total. The third kappa shape index (κ3) is 9.83. The Morgan fingerprint density at radius 1 is 0.467 bits per heavy atom. The van der Waals surface area contributed by atoms with Crippen LogP contribution in [0.1, 0.15) is 200 Å². The highest BCUT2D eigenvalue weighted by Crippen LogP contribution is 2.65. The fourth-order valence-electron chi connectivity index (χ4n) is 11.1. The van der Waals surface area contributed by atoms with Gasteiger partial charge in [-0.2, -0.15) is 0 Å². The van der Waals surface area contributed by atoms with Crippen LogP contribution in [0, 0.1) is 34.5 Å². The number of unbranched alkanes of at least 4 members (excludes halogenated alkanes) is 10. The summed E-state index contributed by atoms with van der Waals surface area (Å²) < 4.78 is 12.6. The molecule has 5 rings (SSSR count). The zero-order valence-corrected chi connectivity index (χ0v) is 30.1. The molecular weight excluding hydrogens is 552 g/mol. The maximum atomic E-state index is 13.9. The van der Waals surface area contributed by atoms with Crippen molar-refractivity contribution < 1.29 is 14.3 Å². The second kappa shape index (κ2) is 18.4. The van der Waals surface area contributed by atoms with E-state index in [1.54, 1.807) is 0 Å². The molecule has 5 aliphatic carbocycles. The summed E-state index contributed by atoms with van der Waals surface area (Å²) in [6, 6.07) is 0. The van der Waals surface area contributed by atoms with E-state index in [0.717, 1.165) is 42.7 Å². The zero-order chi connectivity index (χ0) is 31.4. The Balaban J connectivity index is 0.921. The first kappa shape index (κ1) is 35.9. The van der Waals surface area contributed by atoms with Gasteiger partial charge in [-0.3, -0.25) is 4.79 Å². The van der Waals surface area contributed by atoms with Crippen molar-refractivity contribution in [3.05, 3.63) is 0 Å². The number of hydrogen-bond donors (Lipinski definition) is 0. The maximum Gasteiger partial charge on any atom is 0.145 e. The van der Waals surface area contributed by atoms with Crippen LogP contribution in [0.15, 0.2) is 0 Å². The minimum absolute atomic E-state index is 0.0895. The van der Waals surface area contributed by atoms with E-state index >= 15 is 0 Å². The summed E-state index contributed by atoms with van der Waals surface area (Å²) in [7, 11) is 0. The lowest BCUT2D eigenvalue weighted by Gasteiger charge is -2.60. The third-order valence-electron chi connectivity index (χ3n) is 14.1. The molecule has 0 aromatic heterocycles. The summed E-state index contributed by atoms with van der Waals surface area (Å²) in [5.74, 6) is 4.27. The number of hydrogen-bond acceptors (Lipinski definition) is 3. The van der Waals surface area contributed by atoms with Crippen molar-refractivity contribution in [2.45, 2.75) is 212 Å². The molecule has 0 atom stereocenters. The van der Waals surface area contributed by atoms with Crippen LogP contribution in [0.2, 0.25) is 0 Å². The lowest BCUT2D eigenvalue weighted by molar-refractivity contribution is -0.170. The predicted molar refractivity (Wildman–Crippen MR) is 189 cm³/mol. The zero-order valence-electron chi connectivity index (χ0n) is 30.1. The molecule has 0 unspecified atom stereocenters. The van der Waals surface area contributed by atoms with Gasteiger partial charge in [0, 0.05) is 24.0 Å². The predicted octanol–water partition coefficient (Wildman–Crippen LogP) is 12.2. The second-order valence-electron chi connectivity index (χ2n) is 17.1. The number of Topliss-reactive ketones (excluding diaryl/α,β-unsaturated/α-hetero) is 1. The van der Waals surface area contributed by atoms with Crippen molar-refractivity contribution in [1.82, 2.24) is 0 Å². The molecule has 260 valence electrons. The van der Waals surface area contributed by atoms with Gasteiger partial charge in [0.1, 0.15) is 5.78 Å². The van der Waals surface area contributed by atoms with Crippen LogP contribution in [0.25, 0.3) is 0 Å². The number of carbonyl (C=O) groups excluding carboxylic acids is 1. The van der Waals surface area contributed by atoms with Crippen molar-refractivity contribution in [2.75, 3.05) is 13.2 Å². The van der Waals surface area contributed by atoms with E-state index in [4.69, 9.17) is 9.47 Å². The van der Waals surface area contributed by atoms with E-state index in [-0.39, 0.29) is 10.8 Å². The van der Waals surface area contributed by atoms with Crippen LogP contribution in [0.5, 0.6) is 0 Å². The summed E-state index contributed by atoms with van der Waals surface area (Å²) in [6.07, 6.45) is 39.2. The lowest BCUT2D eigenvalue weighted by atomic mass is 9.42. The van der Waals surface area contributed by atoms with Gasteiger partial charge in [-0.15, -0.1) is 0 Å². The van der Waals surface area contributed by atoms with Crippen molar-refractivity contribution >= 4 is 5.78 Å². The highest BCUT2D eigenvalue weighted by Gasteiger charge is 2.63. The number of ether oxygens (including phenoxy) is 2. The fraction of sp³-hybridized carbons (Fsp3) is 0.976. The molecule has 0 N–H and O–H groups in total. The Hall–Kier alpha value is -0.410. The van der Waals surface area contributed by atoms with E-state index in [1.807, 2.05) is 0 Å². The maximum absolute atomic E-state index is 13.9. The van der Waals surface area contributed by atoms with E-state index in [1.165, 1.54) is 186 Å². The Labute approximate surface area is 279 Å². The molecule has 45 heavy (non-hydrogen) atoms. The Kier molecular flexibility index (Phi) is 14.7. The molecule has 0 aliphatic heterocycles. The van der Waals surface area contributed by atoms with Gasteiger partial charge >= 0.3 is 0 Å². The highest BCUT2D eigenvalue weighted by molar-refractivity contribution is 5.96. The molecule has 5 saturated carbocycles. The van der Waals surface area contributed by atoms with Crippen LogP contribution < -0.4 is 0 Å². The summed E-state index contributed by atoms with van der Waals surface area (Å²) in [6.45, 7) is 6.54. The monoisotopic (exact) mass is 627 g/mol. The van der Waals surface area contributed by atoms with Gasteiger partial charge in [0.25, 0.3) is 0 Å². The van der Waals surface area contributed by atoms with E-state index in [9.17, 15) is 4.79 Å². The molecule has 0 bridgehead atoms. The number of carbonyl (C=O) groups is 1. The molecule has 5 fully saturated rings. The Bertz CT molecular complexity index is 753. The van der Waals surface area contributed by atoms with E-state index in [0.29, 0.717) is 12.2 Å².